The predicted octanol–water partition coefficient (Wildman–Crippen LogP) is 5.09. The highest BCUT2D eigenvalue weighted by Crippen LogP contribution is 2.39. The van der Waals surface area contributed by atoms with Crippen molar-refractivity contribution >= 4 is 18.3 Å². The van der Waals surface area contributed by atoms with Crippen LogP contribution in [-0.4, -0.2) is 65.2 Å². The summed E-state index contributed by atoms with van der Waals surface area (Å²) in [6.07, 6.45) is 0. The molecule has 1 fully saturated rings. The average Bonchev–Trinajstić information content (AvgIpc) is 2.76. The van der Waals surface area contributed by atoms with Crippen LogP contribution >= 0.6 is 0 Å². The van der Waals surface area contributed by atoms with Crippen LogP contribution in [0.2, 0.25) is 18.1 Å². The molecule has 35 heavy (non-hydrogen) atoms. The lowest BCUT2D eigenvalue weighted by molar-refractivity contribution is 0.113. The quantitative estimate of drug-likeness (QED) is 0.518. The van der Waals surface area contributed by atoms with E-state index in [1.54, 1.807) is 26.2 Å². The van der Waals surface area contributed by atoms with Gasteiger partial charge in [0.25, 0.3) is 0 Å². The Hall–Kier alpha value is -1.71. The van der Waals surface area contributed by atoms with E-state index in [0.29, 0.717) is 17.0 Å². The highest BCUT2D eigenvalue weighted by Gasteiger charge is 2.39. The zero-order chi connectivity index (χ0) is 26.2. The Morgan fingerprint density at radius 3 is 2.26 bits per heavy atom. The van der Waals surface area contributed by atoms with E-state index in [4.69, 9.17) is 4.43 Å². The minimum absolute atomic E-state index is 0.00590. The molecule has 0 amide bonds. The van der Waals surface area contributed by atoms with E-state index in [0.717, 1.165) is 30.0 Å². The van der Waals surface area contributed by atoms with Gasteiger partial charge in [0, 0.05) is 39.3 Å². The van der Waals surface area contributed by atoms with Gasteiger partial charge in [-0.3, -0.25) is 4.90 Å². The smallest absolute Gasteiger partial charge is 0.250 e. The minimum atomic E-state index is -3.48. The molecule has 1 aliphatic rings. The topological polar surface area (TPSA) is 61.9 Å². The number of hydrogen-bond donors (Lipinski definition) is 1. The first-order valence-electron chi connectivity index (χ1n) is 12.4. The van der Waals surface area contributed by atoms with Crippen molar-refractivity contribution < 1.29 is 12.8 Å². The highest BCUT2D eigenvalue weighted by molar-refractivity contribution is 7.89. The van der Waals surface area contributed by atoms with Crippen molar-refractivity contribution in [3.63, 3.8) is 0 Å². The second-order valence-corrected chi connectivity index (χ2v) is 18.4. The van der Waals surface area contributed by atoms with E-state index < -0.39 is 18.3 Å². The molecule has 1 heterocycles. The second kappa shape index (κ2) is 10.3. The zero-order valence-corrected chi connectivity index (χ0v) is 24.6. The number of hydrogen-bond acceptors (Lipinski definition) is 5. The Kier molecular flexibility index (Phi) is 8.23. The second-order valence-electron chi connectivity index (χ2n) is 11.5. The standard InChI is InChI=1S/C27H43N3O3SSi/c1-20-19-30(21(2)18-28-20)26(22-13-15-25(16-14-22)34(31,32)29(6)7)23-11-10-12-24(17-23)33-35(8,9)27(3,4)5/h10-17,20-21,26,28H,18-19H2,1-9H3/t20-,21+,26?/m0/s1. The van der Waals surface area contributed by atoms with E-state index >= 15 is 0 Å². The molecule has 194 valence electrons. The molecule has 3 rings (SSSR count). The molecule has 1 N–H and O–H groups in total. The molecular weight excluding hydrogens is 474 g/mol. The van der Waals surface area contributed by atoms with Crippen LogP contribution in [-0.2, 0) is 10.0 Å². The summed E-state index contributed by atoms with van der Waals surface area (Å²) in [5.74, 6) is 0.904. The van der Waals surface area contributed by atoms with E-state index in [9.17, 15) is 8.42 Å². The van der Waals surface area contributed by atoms with Crippen LogP contribution in [0.1, 0.15) is 51.8 Å². The van der Waals surface area contributed by atoms with Gasteiger partial charge >= 0.3 is 0 Å². The number of nitrogens with one attached hydrogen (secondary N) is 1. The Bertz CT molecular complexity index is 1110. The van der Waals surface area contributed by atoms with Crippen molar-refractivity contribution in [2.75, 3.05) is 27.2 Å². The lowest BCUT2D eigenvalue weighted by atomic mass is 9.94. The van der Waals surface area contributed by atoms with Gasteiger partial charge in [0.15, 0.2) is 0 Å². The van der Waals surface area contributed by atoms with Crippen molar-refractivity contribution in [2.24, 2.45) is 0 Å². The molecule has 3 atom stereocenters. The summed E-state index contributed by atoms with van der Waals surface area (Å²) in [5, 5.41) is 3.68. The fraction of sp³-hybridized carbons (Fsp3) is 0.556. The first-order chi connectivity index (χ1) is 16.1. The van der Waals surface area contributed by atoms with Gasteiger partial charge in [0.05, 0.1) is 10.9 Å². The Morgan fingerprint density at radius 1 is 1.06 bits per heavy atom. The third kappa shape index (κ3) is 6.17. The molecule has 0 aromatic heterocycles. The van der Waals surface area contributed by atoms with Gasteiger partial charge in [-0.05, 0) is 67.4 Å². The number of piperazine rings is 1. The van der Waals surface area contributed by atoms with Gasteiger partial charge in [0.2, 0.25) is 18.3 Å². The summed E-state index contributed by atoms with van der Waals surface area (Å²) >= 11 is 0. The molecule has 0 spiro atoms. The van der Waals surface area contributed by atoms with E-state index in [-0.39, 0.29) is 11.1 Å². The van der Waals surface area contributed by atoms with Gasteiger partial charge in [-0.2, -0.15) is 0 Å². The molecule has 1 saturated heterocycles. The number of benzene rings is 2. The molecule has 2 aromatic carbocycles. The molecule has 0 aliphatic carbocycles. The van der Waals surface area contributed by atoms with Gasteiger partial charge in [0.1, 0.15) is 5.75 Å². The highest BCUT2D eigenvalue weighted by atomic mass is 32.2. The summed E-state index contributed by atoms with van der Waals surface area (Å²) in [6, 6.07) is 16.5. The fourth-order valence-corrected chi connectivity index (χ4v) is 6.14. The maximum Gasteiger partial charge on any atom is 0.250 e. The normalized spacial score (nSPS) is 21.2. The van der Waals surface area contributed by atoms with Crippen LogP contribution in [0.15, 0.2) is 53.4 Å². The molecule has 8 heteroatoms. The van der Waals surface area contributed by atoms with Crippen molar-refractivity contribution in [3.8, 4) is 5.75 Å². The van der Waals surface area contributed by atoms with Crippen LogP contribution in [0.5, 0.6) is 5.75 Å². The maximum absolute atomic E-state index is 12.6. The molecule has 6 nitrogen and oxygen atoms in total. The molecule has 0 bridgehead atoms. The first kappa shape index (κ1) is 27.9. The summed E-state index contributed by atoms with van der Waals surface area (Å²) in [6.45, 7) is 17.5. The Balaban J connectivity index is 2.06. The van der Waals surface area contributed by atoms with Crippen molar-refractivity contribution in [1.29, 1.82) is 0 Å². The Labute approximate surface area is 213 Å². The Morgan fingerprint density at radius 2 is 1.69 bits per heavy atom. The van der Waals surface area contributed by atoms with Crippen LogP contribution in [0.4, 0.5) is 0 Å². The molecule has 0 radical (unpaired) electrons. The van der Waals surface area contributed by atoms with Gasteiger partial charge < -0.3 is 9.74 Å². The van der Waals surface area contributed by atoms with Gasteiger partial charge in [-0.1, -0.05) is 45.0 Å². The number of sulfonamides is 1. The van der Waals surface area contributed by atoms with E-state index in [2.05, 4.69) is 82.2 Å². The van der Waals surface area contributed by atoms with Gasteiger partial charge in [-0.25, -0.2) is 12.7 Å². The van der Waals surface area contributed by atoms with E-state index in [1.807, 2.05) is 12.1 Å². The van der Waals surface area contributed by atoms with Crippen LogP contribution < -0.4 is 9.74 Å². The molecule has 2 aromatic rings. The SMILES string of the molecule is C[C@@H]1CN[C@@H](C)CN1C(c1ccc(S(=O)(=O)N(C)C)cc1)c1cccc(O[Si](C)(C)C(C)(C)C)c1. The fourth-order valence-electron chi connectivity index (χ4n) is 4.21. The lowest BCUT2D eigenvalue weighted by Crippen LogP contribution is -2.55. The molecule has 1 unspecified atom stereocenters. The zero-order valence-electron chi connectivity index (χ0n) is 22.8. The molecule has 1 aliphatic heterocycles. The summed E-state index contributed by atoms with van der Waals surface area (Å²) in [7, 11) is -2.34. The monoisotopic (exact) mass is 517 g/mol. The first-order valence-corrected chi connectivity index (χ1v) is 16.8. The predicted molar refractivity (Wildman–Crippen MR) is 147 cm³/mol. The average molecular weight is 518 g/mol. The minimum Gasteiger partial charge on any atom is -0.543 e. The van der Waals surface area contributed by atoms with Gasteiger partial charge in [-0.15, -0.1) is 0 Å². The lowest BCUT2D eigenvalue weighted by Gasteiger charge is -2.43. The maximum atomic E-state index is 12.6. The van der Waals surface area contributed by atoms with E-state index in [1.165, 1.54) is 4.31 Å². The third-order valence-corrected chi connectivity index (χ3v) is 13.7. The van der Waals surface area contributed by atoms with Crippen molar-refractivity contribution in [2.45, 2.75) is 75.8 Å². The summed E-state index contributed by atoms with van der Waals surface area (Å²) in [5.41, 5.74) is 2.23. The number of nitrogens with zero attached hydrogens (tertiary/aromatic N) is 2. The third-order valence-electron chi connectivity index (χ3n) is 7.47. The number of rotatable bonds is 7. The summed E-state index contributed by atoms with van der Waals surface area (Å²) < 4.78 is 33.2. The van der Waals surface area contributed by atoms with Crippen LogP contribution in [0.25, 0.3) is 0 Å². The largest absolute Gasteiger partial charge is 0.543 e. The van der Waals surface area contributed by atoms with Crippen molar-refractivity contribution in [3.05, 3.63) is 59.7 Å². The molecular formula is C27H43N3O3SSi. The van der Waals surface area contributed by atoms with Crippen LogP contribution in [0.3, 0.4) is 0 Å². The molecule has 0 saturated carbocycles. The van der Waals surface area contributed by atoms with Crippen molar-refractivity contribution in [1.82, 2.24) is 14.5 Å². The van der Waals surface area contributed by atoms with Crippen LogP contribution in [0, 0.1) is 0 Å². The summed E-state index contributed by atoms with van der Waals surface area (Å²) in [4.78, 5) is 2.82.